The molecule has 0 aromatic heterocycles. The number of benzene rings is 1. The van der Waals surface area contributed by atoms with E-state index in [4.69, 9.17) is 4.74 Å². The van der Waals surface area contributed by atoms with Crippen LogP contribution in [0.5, 0.6) is 0 Å². The van der Waals surface area contributed by atoms with Crippen molar-refractivity contribution in [3.8, 4) is 0 Å². The molecule has 0 aliphatic carbocycles. The molecule has 2 atom stereocenters. The fourth-order valence-electron chi connectivity index (χ4n) is 2.47. The maximum atomic E-state index is 12.7. The van der Waals surface area contributed by atoms with E-state index in [1.807, 2.05) is 13.8 Å². The minimum absolute atomic E-state index is 0.237. The molecule has 1 aromatic carbocycles. The van der Waals surface area contributed by atoms with E-state index in [0.29, 0.717) is 19.2 Å². The lowest BCUT2D eigenvalue weighted by molar-refractivity contribution is -0.137. The van der Waals surface area contributed by atoms with Crippen LogP contribution >= 0.6 is 0 Å². The smallest absolute Gasteiger partial charge is 0.386 e. The van der Waals surface area contributed by atoms with E-state index in [0.717, 1.165) is 18.7 Å². The average molecular weight is 303 g/mol. The Morgan fingerprint density at radius 1 is 1.33 bits per heavy atom. The lowest BCUT2D eigenvalue weighted by Crippen LogP contribution is -2.47. The summed E-state index contributed by atoms with van der Waals surface area (Å²) in [6.45, 7) is 5.83. The molecule has 118 valence electrons. The van der Waals surface area contributed by atoms with Crippen LogP contribution in [0.2, 0.25) is 0 Å². The van der Waals surface area contributed by atoms with Gasteiger partial charge in [-0.3, -0.25) is 4.90 Å². The first-order chi connectivity index (χ1) is 9.79. The predicted octanol–water partition coefficient (Wildman–Crippen LogP) is 2.85. The van der Waals surface area contributed by atoms with Crippen LogP contribution in [0.25, 0.3) is 0 Å². The van der Waals surface area contributed by atoms with Crippen molar-refractivity contribution < 1.29 is 23.0 Å². The molecule has 21 heavy (non-hydrogen) atoms. The monoisotopic (exact) mass is 303 g/mol. The van der Waals surface area contributed by atoms with Gasteiger partial charge < -0.3 is 9.84 Å². The Morgan fingerprint density at radius 3 is 2.67 bits per heavy atom. The third-order valence-electron chi connectivity index (χ3n) is 3.76. The Bertz CT molecular complexity index is 476. The number of morpholine rings is 1. The summed E-state index contributed by atoms with van der Waals surface area (Å²) < 4.78 is 43.7. The molecule has 1 fully saturated rings. The van der Waals surface area contributed by atoms with Crippen molar-refractivity contribution in [3.05, 3.63) is 35.4 Å². The van der Waals surface area contributed by atoms with Crippen LogP contribution in [0.15, 0.2) is 24.3 Å². The molecule has 0 amide bonds. The molecule has 1 N–H and O–H groups in total. The second-order valence-corrected chi connectivity index (χ2v) is 5.57. The second kappa shape index (κ2) is 6.34. The molecule has 1 heterocycles. The van der Waals surface area contributed by atoms with Gasteiger partial charge in [0, 0.05) is 19.1 Å². The first-order valence-corrected chi connectivity index (χ1v) is 7.00. The van der Waals surface area contributed by atoms with Gasteiger partial charge in [-0.15, -0.1) is 0 Å². The van der Waals surface area contributed by atoms with Crippen molar-refractivity contribution in [2.45, 2.75) is 38.3 Å². The SMILES string of the molecule is CC(C)N1CCOC(C(O)c2cccc(C(F)(F)F)c2)C1. The molecular weight excluding hydrogens is 283 g/mol. The lowest BCUT2D eigenvalue weighted by atomic mass is 10.00. The van der Waals surface area contributed by atoms with E-state index in [1.54, 1.807) is 0 Å². The summed E-state index contributed by atoms with van der Waals surface area (Å²) in [4.78, 5) is 2.14. The van der Waals surface area contributed by atoms with Crippen LogP contribution in [0.3, 0.4) is 0 Å². The Labute approximate surface area is 122 Å². The number of hydrogen-bond donors (Lipinski definition) is 1. The Kier molecular flexibility index (Phi) is 4.91. The Hall–Kier alpha value is -1.11. The van der Waals surface area contributed by atoms with Gasteiger partial charge in [-0.1, -0.05) is 12.1 Å². The molecular formula is C15H20F3NO2. The van der Waals surface area contributed by atoms with Crippen LogP contribution in [-0.4, -0.2) is 41.8 Å². The minimum atomic E-state index is -4.41. The quantitative estimate of drug-likeness (QED) is 0.932. The number of halogens is 3. The maximum absolute atomic E-state index is 12.7. The number of aliphatic hydroxyl groups is 1. The fourth-order valence-corrected chi connectivity index (χ4v) is 2.47. The first-order valence-electron chi connectivity index (χ1n) is 7.00. The summed E-state index contributed by atoms with van der Waals surface area (Å²) >= 11 is 0. The molecule has 2 rings (SSSR count). The van der Waals surface area contributed by atoms with Gasteiger partial charge in [-0.25, -0.2) is 0 Å². The van der Waals surface area contributed by atoms with Crippen molar-refractivity contribution in [1.82, 2.24) is 4.90 Å². The molecule has 0 spiro atoms. The van der Waals surface area contributed by atoms with Gasteiger partial charge in [0.05, 0.1) is 12.2 Å². The van der Waals surface area contributed by atoms with E-state index in [2.05, 4.69) is 4.90 Å². The number of ether oxygens (including phenoxy) is 1. The van der Waals surface area contributed by atoms with Crippen molar-refractivity contribution in [1.29, 1.82) is 0 Å². The molecule has 0 saturated carbocycles. The van der Waals surface area contributed by atoms with E-state index >= 15 is 0 Å². The standard InChI is InChI=1S/C15H20F3NO2/c1-10(2)19-6-7-21-13(9-19)14(20)11-4-3-5-12(8-11)15(16,17)18/h3-5,8,10,13-14,20H,6-7,9H2,1-2H3. The van der Waals surface area contributed by atoms with E-state index < -0.39 is 23.9 Å². The van der Waals surface area contributed by atoms with Crippen LogP contribution in [0.1, 0.15) is 31.1 Å². The van der Waals surface area contributed by atoms with Crippen LogP contribution < -0.4 is 0 Å². The summed E-state index contributed by atoms with van der Waals surface area (Å²) in [6, 6.07) is 5.10. The van der Waals surface area contributed by atoms with E-state index in [1.165, 1.54) is 12.1 Å². The highest BCUT2D eigenvalue weighted by atomic mass is 19.4. The number of hydrogen-bond acceptors (Lipinski definition) is 3. The lowest BCUT2D eigenvalue weighted by Gasteiger charge is -2.37. The maximum Gasteiger partial charge on any atom is 0.416 e. The van der Waals surface area contributed by atoms with Crippen LogP contribution in [0, 0.1) is 0 Å². The first kappa shape index (κ1) is 16.3. The number of alkyl halides is 3. The van der Waals surface area contributed by atoms with Crippen molar-refractivity contribution in [2.75, 3.05) is 19.7 Å². The van der Waals surface area contributed by atoms with Crippen molar-refractivity contribution in [2.24, 2.45) is 0 Å². The van der Waals surface area contributed by atoms with Gasteiger partial charge in [0.25, 0.3) is 0 Å². The van der Waals surface area contributed by atoms with Gasteiger partial charge >= 0.3 is 6.18 Å². The highest BCUT2D eigenvalue weighted by molar-refractivity contribution is 5.27. The largest absolute Gasteiger partial charge is 0.416 e. The Morgan fingerprint density at radius 2 is 2.05 bits per heavy atom. The molecule has 2 unspecified atom stereocenters. The van der Waals surface area contributed by atoms with Gasteiger partial charge in [-0.05, 0) is 31.5 Å². The van der Waals surface area contributed by atoms with Gasteiger partial charge in [0.15, 0.2) is 0 Å². The predicted molar refractivity (Wildman–Crippen MR) is 72.9 cm³/mol. The molecule has 0 radical (unpaired) electrons. The zero-order chi connectivity index (χ0) is 15.6. The highest BCUT2D eigenvalue weighted by Gasteiger charge is 2.33. The molecule has 0 bridgehead atoms. The molecule has 1 aromatic rings. The van der Waals surface area contributed by atoms with Gasteiger partial charge in [0.1, 0.15) is 12.2 Å². The van der Waals surface area contributed by atoms with Crippen molar-refractivity contribution >= 4 is 0 Å². The third-order valence-corrected chi connectivity index (χ3v) is 3.76. The summed E-state index contributed by atoms with van der Waals surface area (Å²) in [5.41, 5.74) is -0.518. The molecule has 3 nitrogen and oxygen atoms in total. The fraction of sp³-hybridized carbons (Fsp3) is 0.600. The summed E-state index contributed by atoms with van der Waals surface area (Å²) in [6.07, 6.45) is -5.98. The molecule has 6 heteroatoms. The van der Waals surface area contributed by atoms with E-state index in [9.17, 15) is 18.3 Å². The van der Waals surface area contributed by atoms with Gasteiger partial charge in [0.2, 0.25) is 0 Å². The van der Waals surface area contributed by atoms with Crippen LogP contribution in [-0.2, 0) is 10.9 Å². The molecule has 1 aliphatic rings. The summed E-state index contributed by atoms with van der Waals surface area (Å²) in [5.74, 6) is 0. The Balaban J connectivity index is 2.14. The second-order valence-electron chi connectivity index (χ2n) is 5.57. The summed E-state index contributed by atoms with van der Waals surface area (Å²) in [5, 5.41) is 10.3. The number of rotatable bonds is 3. The van der Waals surface area contributed by atoms with Crippen LogP contribution in [0.4, 0.5) is 13.2 Å². The normalized spacial score (nSPS) is 22.5. The minimum Gasteiger partial charge on any atom is -0.386 e. The highest BCUT2D eigenvalue weighted by Crippen LogP contribution is 2.32. The van der Waals surface area contributed by atoms with Crippen molar-refractivity contribution in [3.63, 3.8) is 0 Å². The average Bonchev–Trinajstić information content (AvgIpc) is 2.46. The van der Waals surface area contributed by atoms with Gasteiger partial charge in [-0.2, -0.15) is 13.2 Å². The molecule has 1 aliphatic heterocycles. The third kappa shape index (κ3) is 3.96. The topological polar surface area (TPSA) is 32.7 Å². The zero-order valence-corrected chi connectivity index (χ0v) is 12.1. The number of aliphatic hydroxyl groups excluding tert-OH is 1. The number of nitrogens with zero attached hydrogens (tertiary/aromatic N) is 1. The van der Waals surface area contributed by atoms with E-state index in [-0.39, 0.29) is 5.56 Å². The summed E-state index contributed by atoms with van der Waals surface area (Å²) in [7, 11) is 0. The molecule has 1 saturated heterocycles. The zero-order valence-electron chi connectivity index (χ0n) is 12.1.